The number of anilines is 1. The third kappa shape index (κ3) is 4.15. The Hall–Kier alpha value is -3.17. The van der Waals surface area contributed by atoms with Crippen molar-refractivity contribution >= 4 is 33.8 Å². The van der Waals surface area contributed by atoms with Crippen LogP contribution in [0.15, 0.2) is 59.7 Å². The fraction of sp³-hybridized carbons (Fsp3) is 0.0556. The molecule has 2 amide bonds. The molecular weight excluding hydrogens is 380 g/mol. The summed E-state index contributed by atoms with van der Waals surface area (Å²) < 4.78 is 0. The Kier molecular flexibility index (Phi) is 5.13. The molecule has 2 N–H and O–H groups in total. The maximum absolute atomic E-state index is 12.2. The van der Waals surface area contributed by atoms with Gasteiger partial charge in [-0.1, -0.05) is 12.1 Å². The Balaban J connectivity index is 1.39. The number of carbonyl (C=O) groups is 1. The number of thiazole rings is 1. The number of amides is 2. The molecule has 0 aliphatic rings. The van der Waals surface area contributed by atoms with Gasteiger partial charge in [-0.25, -0.2) is 9.78 Å². The number of hydrogen-bond acceptors (Lipinski definition) is 7. The van der Waals surface area contributed by atoms with Crippen LogP contribution in [0.5, 0.6) is 0 Å². The van der Waals surface area contributed by atoms with Crippen molar-refractivity contribution in [3.05, 3.63) is 65.4 Å². The van der Waals surface area contributed by atoms with Gasteiger partial charge in [-0.3, -0.25) is 20.3 Å². The Morgan fingerprint density at radius 2 is 1.89 bits per heavy atom. The van der Waals surface area contributed by atoms with Gasteiger partial charge in [-0.2, -0.15) is 0 Å². The fourth-order valence-electron chi connectivity index (χ4n) is 2.38. The third-order valence-electron chi connectivity index (χ3n) is 3.60. The van der Waals surface area contributed by atoms with E-state index in [2.05, 4.69) is 30.6 Å². The van der Waals surface area contributed by atoms with E-state index in [9.17, 15) is 4.79 Å². The van der Waals surface area contributed by atoms with Crippen molar-refractivity contribution in [1.82, 2.24) is 25.3 Å². The standard InChI is InChI=1S/C18H14N6OS2/c25-17(24-18-23-14(11-27-18)12-4-1-2-6-19-12)22-10-13-16(21-8-7-20-13)15-5-3-9-26-15/h1-9,11H,10H2,(H2,22,23,24,25). The molecule has 0 unspecified atom stereocenters. The van der Waals surface area contributed by atoms with E-state index in [1.54, 1.807) is 29.9 Å². The fourth-order valence-corrected chi connectivity index (χ4v) is 3.83. The molecule has 0 radical (unpaired) electrons. The first-order valence-corrected chi connectivity index (χ1v) is 9.81. The van der Waals surface area contributed by atoms with E-state index in [1.807, 2.05) is 41.1 Å². The zero-order valence-electron chi connectivity index (χ0n) is 14.0. The number of carbonyl (C=O) groups excluding carboxylic acids is 1. The second kappa shape index (κ2) is 8.02. The van der Waals surface area contributed by atoms with Crippen LogP contribution in [0.3, 0.4) is 0 Å². The average molecular weight is 394 g/mol. The van der Waals surface area contributed by atoms with Gasteiger partial charge in [-0.15, -0.1) is 22.7 Å². The van der Waals surface area contributed by atoms with Crippen molar-refractivity contribution in [1.29, 1.82) is 0 Å². The minimum absolute atomic E-state index is 0.269. The van der Waals surface area contributed by atoms with Crippen LogP contribution in [0, 0.1) is 0 Å². The summed E-state index contributed by atoms with van der Waals surface area (Å²) in [7, 11) is 0. The minimum atomic E-state index is -0.347. The smallest absolute Gasteiger partial charge is 0.321 e. The van der Waals surface area contributed by atoms with E-state index in [4.69, 9.17) is 0 Å². The average Bonchev–Trinajstić information content (AvgIpc) is 3.40. The van der Waals surface area contributed by atoms with Gasteiger partial charge in [0.25, 0.3) is 0 Å². The van der Waals surface area contributed by atoms with Crippen LogP contribution in [0.25, 0.3) is 22.0 Å². The quantitative estimate of drug-likeness (QED) is 0.533. The number of nitrogens with zero attached hydrogens (tertiary/aromatic N) is 4. The lowest BCUT2D eigenvalue weighted by molar-refractivity contribution is 0.251. The summed E-state index contributed by atoms with van der Waals surface area (Å²) in [6.07, 6.45) is 4.97. The molecule has 134 valence electrons. The van der Waals surface area contributed by atoms with Crippen molar-refractivity contribution < 1.29 is 4.79 Å². The molecule has 0 aliphatic carbocycles. The second-order valence-electron chi connectivity index (χ2n) is 5.39. The molecule has 0 atom stereocenters. The lowest BCUT2D eigenvalue weighted by Gasteiger charge is -2.08. The van der Waals surface area contributed by atoms with Crippen molar-refractivity contribution in [3.63, 3.8) is 0 Å². The predicted octanol–water partition coefficient (Wildman–Crippen LogP) is 4.05. The summed E-state index contributed by atoms with van der Waals surface area (Å²) in [5.41, 5.74) is 2.98. The van der Waals surface area contributed by atoms with Gasteiger partial charge in [0.2, 0.25) is 0 Å². The van der Waals surface area contributed by atoms with Crippen LogP contribution >= 0.6 is 22.7 Å². The number of pyridine rings is 1. The molecule has 0 spiro atoms. The molecule has 27 heavy (non-hydrogen) atoms. The zero-order valence-corrected chi connectivity index (χ0v) is 15.6. The van der Waals surface area contributed by atoms with Crippen molar-refractivity contribution in [3.8, 4) is 22.0 Å². The first-order valence-electron chi connectivity index (χ1n) is 8.05. The lowest BCUT2D eigenvalue weighted by Crippen LogP contribution is -2.28. The first-order chi connectivity index (χ1) is 13.3. The summed E-state index contributed by atoms with van der Waals surface area (Å²) in [6, 6.07) is 9.21. The maximum atomic E-state index is 12.2. The lowest BCUT2D eigenvalue weighted by atomic mass is 10.2. The highest BCUT2D eigenvalue weighted by Gasteiger charge is 2.12. The molecule has 4 rings (SSSR count). The largest absolute Gasteiger partial charge is 0.332 e. The van der Waals surface area contributed by atoms with Crippen LogP contribution in [-0.2, 0) is 6.54 Å². The summed E-state index contributed by atoms with van der Waals surface area (Å²) in [5, 5.41) is 9.89. The molecule has 0 aromatic carbocycles. The number of hydrogen-bond donors (Lipinski definition) is 2. The highest BCUT2D eigenvalue weighted by Crippen LogP contribution is 2.25. The monoisotopic (exact) mass is 394 g/mol. The number of urea groups is 1. The molecule has 9 heteroatoms. The molecule has 0 saturated carbocycles. The van der Waals surface area contributed by atoms with Gasteiger partial charge in [0.15, 0.2) is 5.13 Å². The van der Waals surface area contributed by atoms with Crippen LogP contribution in [0.4, 0.5) is 9.93 Å². The number of aromatic nitrogens is 4. The van der Waals surface area contributed by atoms with Crippen LogP contribution in [0.1, 0.15) is 5.69 Å². The molecule has 4 aromatic rings. The van der Waals surface area contributed by atoms with Crippen LogP contribution in [-0.4, -0.2) is 26.0 Å². The van der Waals surface area contributed by atoms with Crippen molar-refractivity contribution in [2.45, 2.75) is 6.54 Å². The normalized spacial score (nSPS) is 10.5. The summed E-state index contributed by atoms with van der Waals surface area (Å²) >= 11 is 2.93. The van der Waals surface area contributed by atoms with Gasteiger partial charge >= 0.3 is 6.03 Å². The van der Waals surface area contributed by atoms with E-state index >= 15 is 0 Å². The zero-order chi connectivity index (χ0) is 18.5. The number of nitrogens with one attached hydrogen (secondary N) is 2. The van der Waals surface area contributed by atoms with Crippen molar-refractivity contribution in [2.75, 3.05) is 5.32 Å². The van der Waals surface area contributed by atoms with Crippen molar-refractivity contribution in [2.24, 2.45) is 0 Å². The Morgan fingerprint density at radius 1 is 0.963 bits per heavy atom. The van der Waals surface area contributed by atoms with E-state index in [0.717, 1.165) is 22.0 Å². The van der Waals surface area contributed by atoms with E-state index < -0.39 is 0 Å². The Bertz CT molecular complexity index is 1030. The molecular formula is C18H14N6OS2. The van der Waals surface area contributed by atoms with E-state index in [1.165, 1.54) is 11.3 Å². The molecule has 0 bridgehead atoms. The van der Waals surface area contributed by atoms with Gasteiger partial charge in [0.1, 0.15) is 11.4 Å². The summed E-state index contributed by atoms with van der Waals surface area (Å²) in [5.74, 6) is 0. The van der Waals surface area contributed by atoms with Gasteiger partial charge < -0.3 is 5.32 Å². The Labute approximate surface area is 163 Å². The minimum Gasteiger partial charge on any atom is -0.332 e. The maximum Gasteiger partial charge on any atom is 0.321 e. The number of thiophene rings is 1. The van der Waals surface area contributed by atoms with Gasteiger partial charge in [0.05, 0.1) is 22.8 Å². The summed E-state index contributed by atoms with van der Waals surface area (Å²) in [6.45, 7) is 0.269. The topological polar surface area (TPSA) is 92.7 Å². The molecule has 4 heterocycles. The molecule has 7 nitrogen and oxygen atoms in total. The predicted molar refractivity (Wildman–Crippen MR) is 107 cm³/mol. The highest BCUT2D eigenvalue weighted by atomic mass is 32.1. The van der Waals surface area contributed by atoms with Crippen LogP contribution in [0.2, 0.25) is 0 Å². The van der Waals surface area contributed by atoms with E-state index in [0.29, 0.717) is 10.8 Å². The third-order valence-corrected chi connectivity index (χ3v) is 5.23. The SMILES string of the molecule is O=C(NCc1nccnc1-c1cccs1)Nc1nc(-c2ccccn2)cs1. The van der Waals surface area contributed by atoms with Crippen LogP contribution < -0.4 is 10.6 Å². The Morgan fingerprint density at radius 3 is 2.70 bits per heavy atom. The molecule has 0 saturated heterocycles. The highest BCUT2D eigenvalue weighted by molar-refractivity contribution is 7.14. The van der Waals surface area contributed by atoms with E-state index in [-0.39, 0.29) is 12.6 Å². The van der Waals surface area contributed by atoms with Gasteiger partial charge in [0, 0.05) is 24.0 Å². The first kappa shape index (κ1) is 17.3. The molecule has 0 fully saturated rings. The number of rotatable bonds is 5. The summed E-state index contributed by atoms with van der Waals surface area (Å²) in [4.78, 5) is 30.6. The van der Waals surface area contributed by atoms with Gasteiger partial charge in [-0.05, 0) is 23.6 Å². The molecule has 0 aliphatic heterocycles. The molecule has 4 aromatic heterocycles. The second-order valence-corrected chi connectivity index (χ2v) is 7.20.